The van der Waals surface area contributed by atoms with Crippen LogP contribution in [0.3, 0.4) is 0 Å². The maximum atomic E-state index is 4.71. The second-order valence-electron chi connectivity index (χ2n) is 1.48. The molecule has 9 heavy (non-hydrogen) atoms. The zero-order chi connectivity index (χ0) is 7.11. The minimum Gasteiger partial charge on any atom is -0.391 e. The highest BCUT2D eigenvalue weighted by Gasteiger charge is 1.81. The lowest BCUT2D eigenvalue weighted by atomic mass is 10.5. The van der Waals surface area contributed by atoms with Gasteiger partial charge in [0.25, 0.3) is 0 Å². The van der Waals surface area contributed by atoms with E-state index in [-0.39, 0.29) is 4.32 Å². The summed E-state index contributed by atoms with van der Waals surface area (Å²) in [6, 6.07) is 0. The number of thiol groups is 1. The molecule has 2 nitrogen and oxygen atoms in total. The predicted molar refractivity (Wildman–Crippen MR) is 47.5 cm³/mol. The topological polar surface area (TPSA) is 38.0 Å². The van der Waals surface area contributed by atoms with Gasteiger partial charge in [0.05, 0.1) is 0 Å². The van der Waals surface area contributed by atoms with Crippen molar-refractivity contribution in [2.45, 2.75) is 6.42 Å². The van der Waals surface area contributed by atoms with Crippen LogP contribution >= 0.6 is 24.8 Å². The standard InChI is InChI=1S/C4H7N.CH3NS2/c1-2-4-5-3-1;2-1(3)4/h1,3,5H,2,4H2;(H3,2,3,4). The monoisotopic (exact) mass is 162 g/mol. The highest BCUT2D eigenvalue weighted by Crippen LogP contribution is 1.84. The molecule has 0 saturated heterocycles. The first kappa shape index (κ1) is 8.78. The molecule has 1 rings (SSSR count). The molecule has 0 aliphatic carbocycles. The van der Waals surface area contributed by atoms with Crippen molar-refractivity contribution >= 4 is 29.2 Å². The molecule has 0 radical (unpaired) electrons. The van der Waals surface area contributed by atoms with Crippen LogP contribution in [0.4, 0.5) is 0 Å². The van der Waals surface area contributed by atoms with Crippen molar-refractivity contribution in [2.24, 2.45) is 5.73 Å². The molecule has 1 aliphatic heterocycles. The SMILES string of the molecule is C1=CNCC1.NC(=S)S. The molecular weight excluding hydrogens is 152 g/mol. The summed E-state index contributed by atoms with van der Waals surface area (Å²) in [6.45, 7) is 1.14. The van der Waals surface area contributed by atoms with E-state index >= 15 is 0 Å². The Morgan fingerprint density at radius 2 is 2.33 bits per heavy atom. The zero-order valence-electron chi connectivity index (χ0n) is 5.00. The fourth-order valence-electron chi connectivity index (χ4n) is 0.417. The first-order valence-electron chi connectivity index (χ1n) is 2.60. The summed E-state index contributed by atoms with van der Waals surface area (Å²) >= 11 is 7.65. The highest BCUT2D eigenvalue weighted by atomic mass is 32.1. The first-order valence-corrected chi connectivity index (χ1v) is 3.46. The fraction of sp³-hybridized carbons (Fsp3) is 0.400. The van der Waals surface area contributed by atoms with Gasteiger partial charge in [-0.3, -0.25) is 0 Å². The Balaban J connectivity index is 0.000000148. The third-order valence-corrected chi connectivity index (χ3v) is 0.691. The van der Waals surface area contributed by atoms with Gasteiger partial charge in [-0.05, 0) is 12.6 Å². The molecule has 0 saturated carbocycles. The number of hydrogen-bond acceptors (Lipinski definition) is 2. The van der Waals surface area contributed by atoms with Crippen molar-refractivity contribution in [1.29, 1.82) is 0 Å². The quantitative estimate of drug-likeness (QED) is 0.362. The number of hydrogen-bond donors (Lipinski definition) is 3. The molecule has 0 aromatic carbocycles. The summed E-state index contributed by atoms with van der Waals surface area (Å²) in [5.41, 5.74) is 4.71. The highest BCUT2D eigenvalue weighted by molar-refractivity contribution is 8.10. The smallest absolute Gasteiger partial charge is 0.128 e. The van der Waals surface area contributed by atoms with E-state index in [9.17, 15) is 0 Å². The Bertz CT molecular complexity index is 102. The molecule has 0 aromatic rings. The number of nitrogens with two attached hydrogens (primary N) is 1. The summed E-state index contributed by atoms with van der Waals surface area (Å²) in [6.07, 6.45) is 5.32. The van der Waals surface area contributed by atoms with Gasteiger partial charge < -0.3 is 11.1 Å². The Labute approximate surface area is 65.9 Å². The van der Waals surface area contributed by atoms with Gasteiger partial charge in [-0.25, -0.2) is 0 Å². The second kappa shape index (κ2) is 5.91. The van der Waals surface area contributed by atoms with Gasteiger partial charge in [0.1, 0.15) is 4.32 Å². The molecular formula is C5H10N2S2. The maximum absolute atomic E-state index is 4.71. The van der Waals surface area contributed by atoms with E-state index in [1.165, 1.54) is 6.42 Å². The summed E-state index contributed by atoms with van der Waals surface area (Å²) in [5, 5.41) is 3.04. The second-order valence-corrected chi connectivity index (χ2v) is 2.71. The van der Waals surface area contributed by atoms with E-state index in [0.29, 0.717) is 0 Å². The van der Waals surface area contributed by atoms with Crippen LogP contribution in [0.2, 0.25) is 0 Å². The minimum absolute atomic E-state index is 0.194. The van der Waals surface area contributed by atoms with Crippen molar-refractivity contribution in [2.75, 3.05) is 6.54 Å². The van der Waals surface area contributed by atoms with E-state index in [4.69, 9.17) is 5.73 Å². The molecule has 0 bridgehead atoms. The van der Waals surface area contributed by atoms with Crippen molar-refractivity contribution in [1.82, 2.24) is 5.32 Å². The predicted octanol–water partition coefficient (Wildman–Crippen LogP) is 0.653. The minimum atomic E-state index is 0.194. The van der Waals surface area contributed by atoms with Crippen molar-refractivity contribution in [3.05, 3.63) is 12.3 Å². The molecule has 0 amide bonds. The summed E-state index contributed by atoms with van der Waals surface area (Å²) in [7, 11) is 0. The average Bonchev–Trinajstić information content (AvgIpc) is 2.11. The largest absolute Gasteiger partial charge is 0.391 e. The lowest BCUT2D eigenvalue weighted by molar-refractivity contribution is 0.917. The van der Waals surface area contributed by atoms with Crippen molar-refractivity contribution < 1.29 is 0 Å². The molecule has 0 unspecified atom stereocenters. The summed E-state index contributed by atoms with van der Waals surface area (Å²) in [5.74, 6) is 0. The maximum Gasteiger partial charge on any atom is 0.128 e. The van der Waals surface area contributed by atoms with Gasteiger partial charge in [-0.1, -0.05) is 18.3 Å². The van der Waals surface area contributed by atoms with E-state index in [2.05, 4.69) is 36.2 Å². The van der Waals surface area contributed by atoms with Crippen LogP contribution in [0, 0.1) is 0 Å². The van der Waals surface area contributed by atoms with Gasteiger partial charge in [-0.15, -0.1) is 12.6 Å². The van der Waals surface area contributed by atoms with Crippen LogP contribution < -0.4 is 11.1 Å². The Morgan fingerprint density at radius 3 is 2.44 bits per heavy atom. The molecule has 1 heterocycles. The van der Waals surface area contributed by atoms with E-state index in [1.54, 1.807) is 0 Å². The zero-order valence-corrected chi connectivity index (χ0v) is 6.71. The van der Waals surface area contributed by atoms with Crippen LogP contribution in [0.5, 0.6) is 0 Å². The van der Waals surface area contributed by atoms with E-state index in [0.717, 1.165) is 6.54 Å². The molecule has 0 atom stereocenters. The van der Waals surface area contributed by atoms with Crippen LogP contribution in [0.15, 0.2) is 12.3 Å². The van der Waals surface area contributed by atoms with Gasteiger partial charge in [0.15, 0.2) is 0 Å². The van der Waals surface area contributed by atoms with Gasteiger partial charge >= 0.3 is 0 Å². The van der Waals surface area contributed by atoms with Crippen LogP contribution in [0.25, 0.3) is 0 Å². The Morgan fingerprint density at radius 1 is 1.78 bits per heavy atom. The van der Waals surface area contributed by atoms with Crippen LogP contribution in [-0.2, 0) is 0 Å². The fourth-order valence-corrected chi connectivity index (χ4v) is 0.417. The van der Waals surface area contributed by atoms with Crippen molar-refractivity contribution in [3.63, 3.8) is 0 Å². The molecule has 0 aromatic heterocycles. The molecule has 4 heteroatoms. The molecule has 0 fully saturated rings. The lowest BCUT2D eigenvalue weighted by Gasteiger charge is -1.78. The first-order chi connectivity index (χ1) is 4.23. The van der Waals surface area contributed by atoms with E-state index in [1.807, 2.05) is 6.20 Å². The normalized spacial score (nSPS) is 13.4. The summed E-state index contributed by atoms with van der Waals surface area (Å²) in [4.78, 5) is 0. The van der Waals surface area contributed by atoms with Crippen molar-refractivity contribution in [3.8, 4) is 0 Å². The lowest BCUT2D eigenvalue weighted by Crippen LogP contribution is -1.96. The van der Waals surface area contributed by atoms with E-state index < -0.39 is 0 Å². The molecule has 1 aliphatic rings. The summed E-state index contributed by atoms with van der Waals surface area (Å²) < 4.78 is 0.194. The number of thiocarbonyl (C=S) groups is 1. The number of nitrogens with one attached hydrogen (secondary N) is 1. The molecule has 3 N–H and O–H groups in total. The van der Waals surface area contributed by atoms with Crippen LogP contribution in [-0.4, -0.2) is 10.9 Å². The Hall–Kier alpha value is -0.220. The van der Waals surface area contributed by atoms with Crippen LogP contribution in [0.1, 0.15) is 6.42 Å². The van der Waals surface area contributed by atoms with Gasteiger partial charge in [0, 0.05) is 6.54 Å². The van der Waals surface area contributed by atoms with Gasteiger partial charge in [0.2, 0.25) is 0 Å². The average molecular weight is 162 g/mol. The Kier molecular flexibility index (Phi) is 5.76. The third-order valence-electron chi connectivity index (χ3n) is 0.691. The number of rotatable bonds is 0. The third kappa shape index (κ3) is 11.4. The van der Waals surface area contributed by atoms with Gasteiger partial charge in [-0.2, -0.15) is 0 Å². The molecule has 52 valence electrons. The molecule has 0 spiro atoms.